The average Bonchev–Trinajstić information content (AvgIpc) is 3.49. The number of aliphatic carboxylic acids is 1. The van der Waals surface area contributed by atoms with Crippen LogP contribution in [-0.4, -0.2) is 27.2 Å². The van der Waals surface area contributed by atoms with Crippen molar-refractivity contribution in [3.63, 3.8) is 0 Å². The number of fused-ring (bicyclic) bond motifs is 2. The minimum absolute atomic E-state index is 0.0104. The number of pyridine rings is 2. The van der Waals surface area contributed by atoms with Gasteiger partial charge in [0.25, 0.3) is 0 Å². The lowest BCUT2D eigenvalue weighted by Gasteiger charge is -2.18. The van der Waals surface area contributed by atoms with E-state index in [4.69, 9.17) is 9.84 Å². The molecule has 0 spiro atoms. The molecule has 6 nitrogen and oxygen atoms in total. The van der Waals surface area contributed by atoms with Crippen LogP contribution in [0.5, 0.6) is 5.75 Å². The van der Waals surface area contributed by atoms with Crippen molar-refractivity contribution in [2.45, 2.75) is 51.4 Å². The first-order chi connectivity index (χ1) is 18.8. The van der Waals surface area contributed by atoms with Crippen molar-refractivity contribution in [3.8, 4) is 28.0 Å². The lowest BCUT2D eigenvalue weighted by Crippen LogP contribution is -2.13. The number of carboxylic acid groups (broad SMARTS) is 1. The van der Waals surface area contributed by atoms with E-state index in [1.807, 2.05) is 18.5 Å². The van der Waals surface area contributed by atoms with Crippen LogP contribution < -0.4 is 10.3 Å². The van der Waals surface area contributed by atoms with Crippen LogP contribution in [0.2, 0.25) is 0 Å². The van der Waals surface area contributed by atoms with E-state index in [9.17, 15) is 9.59 Å². The van der Waals surface area contributed by atoms with Crippen molar-refractivity contribution in [2.24, 2.45) is 7.05 Å². The zero-order valence-electron chi connectivity index (χ0n) is 22.5. The molecular weight excluding hydrogens is 488 g/mol. The van der Waals surface area contributed by atoms with Gasteiger partial charge in [0.05, 0.1) is 18.7 Å². The molecule has 198 valence electrons. The fourth-order valence-electron chi connectivity index (χ4n) is 6.46. The third kappa shape index (κ3) is 4.65. The Morgan fingerprint density at radius 3 is 2.62 bits per heavy atom. The molecule has 1 aliphatic carbocycles. The van der Waals surface area contributed by atoms with Gasteiger partial charge in [-0.3, -0.25) is 14.6 Å². The Morgan fingerprint density at radius 2 is 1.87 bits per heavy atom. The zero-order valence-corrected chi connectivity index (χ0v) is 22.5. The SMILES string of the molecule is Cc1cc(-c2ccc(=O)n(C)c2)cc(C)c1-c1cccc2c1CC[C@H]2Cc1cnc2c(c1)OCC2CC(=O)O. The maximum atomic E-state index is 11.9. The van der Waals surface area contributed by atoms with E-state index in [1.165, 1.54) is 33.4 Å². The summed E-state index contributed by atoms with van der Waals surface area (Å²) in [6.45, 7) is 4.73. The van der Waals surface area contributed by atoms with Crippen molar-refractivity contribution in [1.82, 2.24) is 9.55 Å². The fourth-order valence-corrected chi connectivity index (χ4v) is 6.46. The van der Waals surface area contributed by atoms with Crippen LogP contribution in [0.1, 0.15) is 58.2 Å². The number of carbonyl (C=O) groups is 1. The number of hydrogen-bond acceptors (Lipinski definition) is 4. The van der Waals surface area contributed by atoms with Gasteiger partial charge >= 0.3 is 5.97 Å². The Bertz CT molecular complexity index is 1650. The van der Waals surface area contributed by atoms with E-state index in [2.05, 4.69) is 55.2 Å². The Morgan fingerprint density at radius 1 is 1.08 bits per heavy atom. The highest BCUT2D eigenvalue weighted by atomic mass is 16.5. The number of hydrogen-bond donors (Lipinski definition) is 1. The molecule has 0 amide bonds. The van der Waals surface area contributed by atoms with E-state index < -0.39 is 5.97 Å². The van der Waals surface area contributed by atoms with Crippen LogP contribution in [0.15, 0.2) is 65.7 Å². The number of carboxylic acids is 1. The summed E-state index contributed by atoms with van der Waals surface area (Å²) in [6.07, 6.45) is 6.84. The highest BCUT2D eigenvalue weighted by Crippen LogP contribution is 2.43. The maximum absolute atomic E-state index is 11.9. The third-order valence-electron chi connectivity index (χ3n) is 8.28. The van der Waals surface area contributed by atoms with Gasteiger partial charge in [-0.05, 0) is 101 Å². The number of benzene rings is 2. The van der Waals surface area contributed by atoms with Crippen LogP contribution >= 0.6 is 0 Å². The first kappa shape index (κ1) is 25.1. The summed E-state index contributed by atoms with van der Waals surface area (Å²) >= 11 is 0. The standard InChI is InChI=1S/C33H32N2O4/c1-19-11-24(23-8-10-30(36)35(3)17-23)12-20(2)32(19)28-6-4-5-26-22(7-9-27(26)28)13-21-14-29-33(34-16-21)25(18-39-29)15-31(37)38/h4-6,8,10-12,14,16-17,22,25H,7,9,13,15,18H2,1-3H3,(H,37,38)/t22-,25?/m0/s1. The summed E-state index contributed by atoms with van der Waals surface area (Å²) < 4.78 is 7.42. The van der Waals surface area contributed by atoms with Gasteiger partial charge < -0.3 is 14.4 Å². The van der Waals surface area contributed by atoms with E-state index in [0.29, 0.717) is 12.5 Å². The van der Waals surface area contributed by atoms with Gasteiger partial charge in [-0.25, -0.2) is 0 Å². The molecule has 39 heavy (non-hydrogen) atoms. The van der Waals surface area contributed by atoms with E-state index in [1.54, 1.807) is 17.7 Å². The zero-order chi connectivity index (χ0) is 27.3. The lowest BCUT2D eigenvalue weighted by molar-refractivity contribution is -0.137. The molecule has 0 saturated carbocycles. The molecule has 6 rings (SSSR count). The fraction of sp³-hybridized carbons (Fsp3) is 0.303. The first-order valence-electron chi connectivity index (χ1n) is 13.5. The number of aryl methyl sites for hydroxylation is 3. The second kappa shape index (κ2) is 9.84. The summed E-state index contributed by atoms with van der Waals surface area (Å²) in [7, 11) is 1.78. The summed E-state index contributed by atoms with van der Waals surface area (Å²) in [6, 6.07) is 16.7. The number of ether oxygens (including phenoxy) is 1. The van der Waals surface area contributed by atoms with Crippen molar-refractivity contribution >= 4 is 5.97 Å². The molecule has 0 saturated heterocycles. The predicted molar refractivity (Wildman–Crippen MR) is 152 cm³/mol. The number of nitrogens with zero attached hydrogens (tertiary/aromatic N) is 2. The molecule has 0 fully saturated rings. The molecular formula is C33H32N2O4. The Balaban J connectivity index is 1.28. The van der Waals surface area contributed by atoms with Crippen LogP contribution in [0.25, 0.3) is 22.3 Å². The highest BCUT2D eigenvalue weighted by molar-refractivity contribution is 5.79. The van der Waals surface area contributed by atoms with Crippen molar-refractivity contribution < 1.29 is 14.6 Å². The van der Waals surface area contributed by atoms with Gasteiger partial charge in [0.2, 0.25) is 5.56 Å². The molecule has 1 aliphatic heterocycles. The van der Waals surface area contributed by atoms with Gasteiger partial charge in [-0.1, -0.05) is 30.3 Å². The molecule has 2 atom stereocenters. The van der Waals surface area contributed by atoms with Gasteiger partial charge in [0.15, 0.2) is 0 Å². The Labute approximate surface area is 227 Å². The average molecular weight is 521 g/mol. The van der Waals surface area contributed by atoms with Crippen LogP contribution in [0.3, 0.4) is 0 Å². The monoisotopic (exact) mass is 520 g/mol. The number of rotatable bonds is 6. The topological polar surface area (TPSA) is 81.4 Å². The predicted octanol–water partition coefficient (Wildman–Crippen LogP) is 5.95. The molecule has 4 aromatic rings. The third-order valence-corrected chi connectivity index (χ3v) is 8.28. The van der Waals surface area contributed by atoms with E-state index in [-0.39, 0.29) is 17.9 Å². The van der Waals surface area contributed by atoms with E-state index in [0.717, 1.165) is 47.4 Å². The van der Waals surface area contributed by atoms with Crippen molar-refractivity contribution in [2.75, 3.05) is 6.61 Å². The van der Waals surface area contributed by atoms with Crippen molar-refractivity contribution in [3.05, 3.63) is 105 Å². The summed E-state index contributed by atoms with van der Waals surface area (Å²) in [5, 5.41) is 9.17. The Kier molecular flexibility index (Phi) is 6.34. The smallest absolute Gasteiger partial charge is 0.304 e. The molecule has 1 N–H and O–H groups in total. The minimum Gasteiger partial charge on any atom is -0.491 e. The summed E-state index contributed by atoms with van der Waals surface area (Å²) in [5.74, 6) is 0.137. The van der Waals surface area contributed by atoms with Gasteiger partial charge in [0.1, 0.15) is 5.75 Å². The lowest BCUT2D eigenvalue weighted by atomic mass is 9.87. The van der Waals surface area contributed by atoms with Crippen molar-refractivity contribution in [1.29, 1.82) is 0 Å². The van der Waals surface area contributed by atoms with Gasteiger partial charge in [-0.15, -0.1) is 0 Å². The molecule has 0 radical (unpaired) electrons. The normalized spacial score (nSPS) is 17.5. The second-order valence-corrected chi connectivity index (χ2v) is 11.0. The number of aromatic nitrogens is 2. The molecule has 6 heteroatoms. The van der Waals surface area contributed by atoms with E-state index >= 15 is 0 Å². The largest absolute Gasteiger partial charge is 0.491 e. The maximum Gasteiger partial charge on any atom is 0.304 e. The van der Waals surface area contributed by atoms with Crippen LogP contribution in [0.4, 0.5) is 0 Å². The van der Waals surface area contributed by atoms with Crippen LogP contribution in [-0.2, 0) is 24.7 Å². The molecule has 2 aliphatic rings. The quantitative estimate of drug-likeness (QED) is 0.340. The van der Waals surface area contributed by atoms with Gasteiger partial charge in [-0.2, -0.15) is 0 Å². The minimum atomic E-state index is -0.826. The Hall–Kier alpha value is -4.19. The summed E-state index contributed by atoms with van der Waals surface area (Å²) in [4.78, 5) is 27.6. The second-order valence-electron chi connectivity index (χ2n) is 11.0. The molecule has 3 heterocycles. The first-order valence-corrected chi connectivity index (χ1v) is 13.5. The molecule has 1 unspecified atom stereocenters. The molecule has 2 aromatic carbocycles. The highest BCUT2D eigenvalue weighted by Gasteiger charge is 2.30. The molecule has 0 bridgehead atoms. The molecule has 2 aromatic heterocycles. The van der Waals surface area contributed by atoms with Gasteiger partial charge in [0, 0.05) is 31.4 Å². The van der Waals surface area contributed by atoms with Crippen LogP contribution in [0, 0.1) is 13.8 Å². The summed E-state index contributed by atoms with van der Waals surface area (Å²) in [5.41, 5.74) is 11.9.